The number of thiophene rings is 2. The van der Waals surface area contributed by atoms with Gasteiger partial charge in [-0.05, 0) is 0 Å². The molecular weight excluding hydrogens is 1380 g/mol. The molecular formula is C94H144O2S2Se2. The van der Waals surface area contributed by atoms with Crippen LogP contribution in [-0.2, 0) is 23.7 Å². The van der Waals surface area contributed by atoms with Crippen LogP contribution in [0.2, 0.25) is 0 Å². The van der Waals surface area contributed by atoms with E-state index in [0.29, 0.717) is 23.7 Å². The van der Waals surface area contributed by atoms with Gasteiger partial charge in [-0.1, -0.05) is 27.7 Å². The van der Waals surface area contributed by atoms with Gasteiger partial charge in [0, 0.05) is 0 Å². The van der Waals surface area contributed by atoms with E-state index in [1.165, 1.54) is 371 Å². The van der Waals surface area contributed by atoms with E-state index in [4.69, 9.17) is 0 Å². The number of fused-ring (bicyclic) bond motifs is 6. The van der Waals surface area contributed by atoms with Crippen molar-refractivity contribution in [3.8, 4) is 20.0 Å². The molecule has 2 aliphatic carbocycles. The van der Waals surface area contributed by atoms with Gasteiger partial charge in [0.1, 0.15) is 0 Å². The number of aldehydes is 2. The van der Waals surface area contributed by atoms with Crippen molar-refractivity contribution in [2.75, 3.05) is 0 Å². The summed E-state index contributed by atoms with van der Waals surface area (Å²) in [5.74, 6) is 2.55. The summed E-state index contributed by atoms with van der Waals surface area (Å²) in [5.41, 5.74) is 12.8. The van der Waals surface area contributed by atoms with Gasteiger partial charge in [-0.2, -0.15) is 0 Å². The molecule has 0 saturated heterocycles. The van der Waals surface area contributed by atoms with Gasteiger partial charge in [0.05, 0.1) is 0 Å². The zero-order valence-electron chi connectivity index (χ0n) is 65.9. The summed E-state index contributed by atoms with van der Waals surface area (Å²) >= 11 is 3.83. The van der Waals surface area contributed by atoms with Crippen LogP contribution in [0.3, 0.4) is 0 Å². The van der Waals surface area contributed by atoms with E-state index < -0.39 is 0 Å². The van der Waals surface area contributed by atoms with Crippen LogP contribution in [0.5, 0.6) is 0 Å². The first-order chi connectivity index (χ1) is 49.1. The number of benzene rings is 2. The Balaban J connectivity index is 1.48. The number of allylic oxidation sites excluding steroid dienone is 2. The third kappa shape index (κ3) is 22.3. The molecule has 0 bridgehead atoms. The number of unbranched alkanes of at least 4 members (excludes halogenated alkanes) is 26. The van der Waals surface area contributed by atoms with Gasteiger partial charge in [0.25, 0.3) is 0 Å². The van der Waals surface area contributed by atoms with Crippen molar-refractivity contribution in [3.05, 3.63) is 89.4 Å². The molecule has 4 aromatic heterocycles. The van der Waals surface area contributed by atoms with Crippen molar-refractivity contribution >= 4 is 95.6 Å². The van der Waals surface area contributed by atoms with Crippen molar-refractivity contribution < 1.29 is 9.59 Å². The zero-order chi connectivity index (χ0) is 71.0. The third-order valence-electron chi connectivity index (χ3n) is 24.3. The molecule has 2 aliphatic rings. The van der Waals surface area contributed by atoms with Gasteiger partial charge in [-0.15, -0.1) is 0 Å². The molecule has 2 nitrogen and oxygen atoms in total. The Bertz CT molecular complexity index is 3070. The van der Waals surface area contributed by atoms with Gasteiger partial charge < -0.3 is 0 Å². The molecule has 0 amide bonds. The molecule has 0 saturated carbocycles. The maximum absolute atomic E-state index is 13.5. The minimum absolute atomic E-state index is 0.0433. The number of carbonyl (C=O) groups excluding carboxylic acids is 2. The maximum atomic E-state index is 13.5. The van der Waals surface area contributed by atoms with Gasteiger partial charge in [0.15, 0.2) is 0 Å². The summed E-state index contributed by atoms with van der Waals surface area (Å²) in [6.45, 7) is 24.1. The third-order valence-corrected chi connectivity index (χ3v) is 32.3. The topological polar surface area (TPSA) is 34.1 Å². The van der Waals surface area contributed by atoms with Gasteiger partial charge >= 0.3 is 612 Å². The molecule has 4 unspecified atom stereocenters. The molecule has 0 fully saturated rings. The van der Waals surface area contributed by atoms with Crippen LogP contribution >= 0.6 is 22.7 Å². The van der Waals surface area contributed by atoms with E-state index in [2.05, 4.69) is 118 Å². The van der Waals surface area contributed by atoms with Crippen LogP contribution in [-0.4, -0.2) is 41.6 Å². The summed E-state index contributed by atoms with van der Waals surface area (Å²) in [6, 6.07) is 21.8. The Morgan fingerprint density at radius 3 is 0.890 bits per heavy atom. The quantitative estimate of drug-likeness (QED) is 0.0217. The normalized spacial score (nSPS) is 17.1. The van der Waals surface area contributed by atoms with Crippen LogP contribution in [0.4, 0.5) is 0 Å². The Kier molecular flexibility index (Phi) is 37.5. The molecule has 0 N–H and O–H groups in total. The van der Waals surface area contributed by atoms with E-state index in [-0.39, 0.29) is 39.8 Å². The molecule has 8 rings (SSSR count). The first-order valence-corrected chi connectivity index (χ1v) is 48.2. The summed E-state index contributed by atoms with van der Waals surface area (Å²) in [6.07, 6.45) is 67.5. The van der Waals surface area contributed by atoms with Crippen LogP contribution in [0.1, 0.15) is 428 Å². The van der Waals surface area contributed by atoms with E-state index in [0.717, 1.165) is 21.7 Å². The van der Waals surface area contributed by atoms with Crippen molar-refractivity contribution in [1.29, 1.82) is 0 Å². The van der Waals surface area contributed by atoms with Crippen molar-refractivity contribution in [2.24, 2.45) is 23.7 Å². The zero-order valence-corrected chi connectivity index (χ0v) is 70.9. The fourth-order valence-corrected chi connectivity index (χ4v) is 26.5. The van der Waals surface area contributed by atoms with Crippen molar-refractivity contribution in [1.82, 2.24) is 0 Å². The van der Waals surface area contributed by atoms with E-state index >= 15 is 0 Å². The standard InChI is InChI=1S/C94H144O2S2Se2/c1-11-21-31-37-39-45-55-77-63-81-89(97-77)85(69-95)99-91(81)75-57-59-79-83(61-75)93(65-71(47-27-17-7)51-41-33-23-13-3,66-72(48-28-18-8)52-42-34-24-14-4)88-80-60-58-76(92-82-64-78(56-46-40-38-32-22-12-2)98-90(82)86(70-96)100-92)62-84(80)94(87(79)88,67-73(49-29-19-9)53-43-35-25-15-5)68-74(50-30-20-10)54-44-36-26-16-6/h57-64,69-74H,11-56,65-68H2,1-10H3. The van der Waals surface area contributed by atoms with Crippen molar-refractivity contribution in [2.45, 2.75) is 401 Å². The molecule has 6 aromatic rings. The van der Waals surface area contributed by atoms with Crippen LogP contribution < -0.4 is 0 Å². The molecule has 100 heavy (non-hydrogen) atoms. The Morgan fingerprint density at radius 2 is 0.600 bits per heavy atom. The summed E-state index contributed by atoms with van der Waals surface area (Å²) in [7, 11) is 0. The molecule has 556 valence electrons. The second-order valence-corrected chi connectivity index (χ2v) is 39.1. The van der Waals surface area contributed by atoms with Crippen molar-refractivity contribution in [3.63, 3.8) is 0 Å². The number of rotatable bonds is 58. The van der Waals surface area contributed by atoms with Gasteiger partial charge in [-0.25, -0.2) is 0 Å². The van der Waals surface area contributed by atoms with Crippen LogP contribution in [0, 0.1) is 23.7 Å². The predicted octanol–water partition coefficient (Wildman–Crippen LogP) is 31.1. The first kappa shape index (κ1) is 83.1. The van der Waals surface area contributed by atoms with Crippen LogP contribution in [0.25, 0.3) is 51.3 Å². The second kappa shape index (κ2) is 45.2. The Labute approximate surface area is 634 Å². The van der Waals surface area contributed by atoms with E-state index in [1.54, 1.807) is 33.4 Å². The molecule has 4 heterocycles. The molecule has 0 radical (unpaired) electrons. The number of hydrogen-bond acceptors (Lipinski definition) is 4. The molecule has 4 atom stereocenters. The minimum atomic E-state index is -0.163. The molecule has 0 spiro atoms. The molecule has 6 heteroatoms. The summed E-state index contributed by atoms with van der Waals surface area (Å²) in [4.78, 5) is 30.0. The number of aryl methyl sites for hydroxylation is 2. The number of carbonyl (C=O) groups is 2. The fraction of sp³-hybridized carbons (Fsp3) is 0.702. The van der Waals surface area contributed by atoms with E-state index in [9.17, 15) is 9.59 Å². The molecule has 0 aliphatic heterocycles. The van der Waals surface area contributed by atoms with Gasteiger partial charge in [0.2, 0.25) is 0 Å². The summed E-state index contributed by atoms with van der Waals surface area (Å²) in [5, 5.41) is 2.79. The fourth-order valence-electron chi connectivity index (χ4n) is 18.9. The first-order valence-electron chi connectivity index (χ1n) is 43.2. The second-order valence-electron chi connectivity index (χ2n) is 32.5. The van der Waals surface area contributed by atoms with Crippen LogP contribution in [0.15, 0.2) is 48.5 Å². The van der Waals surface area contributed by atoms with Gasteiger partial charge in [-0.3, -0.25) is 0 Å². The Hall–Kier alpha value is -2.56. The Morgan fingerprint density at radius 1 is 0.330 bits per heavy atom. The average Bonchev–Trinajstić information content (AvgIpc) is 1.50. The molecule has 2 aromatic carbocycles. The van der Waals surface area contributed by atoms with E-state index in [1.807, 2.05) is 22.7 Å². The average molecular weight is 1530 g/mol. The SMILES string of the molecule is CCCCCCCCc1cc2c(-c3ccc4c(c3)C(CC(CCCC)CCCCCC)(CC(CCCC)CCCCCC)C3=C4C(CC(CCCC)CCCCCC)(CC(CCCC)CCCCCC)c4cc(-c5[se]c(C=O)c6sc(CCCCCCCC)cc56)ccc43)[se]c(C=O)c2s1. The monoisotopic (exact) mass is 1530 g/mol. The number of hydrogen-bond donors (Lipinski definition) is 0. The summed E-state index contributed by atoms with van der Waals surface area (Å²) < 4.78 is 7.67. The predicted molar refractivity (Wildman–Crippen MR) is 449 cm³/mol.